The Labute approximate surface area is 135 Å². The molecule has 0 spiro atoms. The molecule has 0 radical (unpaired) electrons. The van der Waals surface area contributed by atoms with Crippen molar-refractivity contribution in [2.45, 2.75) is 37.5 Å². The number of carbonyl (C=O) groups excluding carboxylic acids is 2. The first kappa shape index (κ1) is 15.0. The molecule has 3 atom stereocenters. The highest BCUT2D eigenvalue weighted by Gasteiger charge is 2.59. The molecule has 3 fully saturated rings. The van der Waals surface area contributed by atoms with Crippen LogP contribution in [-0.4, -0.2) is 28.9 Å². The van der Waals surface area contributed by atoms with Gasteiger partial charge in [0.25, 0.3) is 5.91 Å². The van der Waals surface area contributed by atoms with Crippen molar-refractivity contribution in [3.8, 4) is 6.07 Å². The van der Waals surface area contributed by atoms with Gasteiger partial charge in [-0.25, -0.2) is 9.69 Å². The maximum absolute atomic E-state index is 13.1. The van der Waals surface area contributed by atoms with Crippen molar-refractivity contribution in [3.05, 3.63) is 29.3 Å². The minimum Gasteiger partial charge on any atom is -0.309 e. The number of rotatable bonds is 1. The lowest BCUT2D eigenvalue weighted by molar-refractivity contribution is -0.137. The number of nitriles is 1. The molecule has 3 amide bonds. The molecule has 8 heteroatoms. The summed E-state index contributed by atoms with van der Waals surface area (Å²) >= 11 is 0. The molecule has 0 unspecified atom stereocenters. The summed E-state index contributed by atoms with van der Waals surface area (Å²) in [5, 5.41) is 8.85. The SMILES string of the molecule is N#Cc1ccc(N2C(=O)[C@@H]3[C@@H]4CC[C@@H](C4)N3C2=O)cc1C(F)(F)F. The van der Waals surface area contributed by atoms with Gasteiger partial charge in [-0.3, -0.25) is 4.79 Å². The van der Waals surface area contributed by atoms with E-state index in [1.165, 1.54) is 17.0 Å². The normalized spacial score (nSPS) is 28.5. The zero-order valence-electron chi connectivity index (χ0n) is 12.4. The lowest BCUT2D eigenvalue weighted by Gasteiger charge is -2.25. The lowest BCUT2D eigenvalue weighted by atomic mass is 9.99. The molecule has 1 aromatic rings. The van der Waals surface area contributed by atoms with Crippen LogP contribution in [0, 0.1) is 17.2 Å². The molecule has 5 nitrogen and oxygen atoms in total. The number of nitrogens with zero attached hydrogens (tertiary/aromatic N) is 3. The zero-order valence-corrected chi connectivity index (χ0v) is 12.4. The minimum atomic E-state index is -4.73. The molecule has 2 saturated heterocycles. The van der Waals surface area contributed by atoms with Gasteiger partial charge >= 0.3 is 12.2 Å². The van der Waals surface area contributed by atoms with Crippen LogP contribution in [0.4, 0.5) is 23.7 Å². The van der Waals surface area contributed by atoms with Crippen LogP contribution in [0.25, 0.3) is 0 Å². The summed E-state index contributed by atoms with van der Waals surface area (Å²) in [4.78, 5) is 27.5. The molecule has 4 rings (SSSR count). The molecular formula is C16H12F3N3O2. The quantitative estimate of drug-likeness (QED) is 0.741. The maximum atomic E-state index is 13.1. The molecule has 0 aromatic heterocycles. The van der Waals surface area contributed by atoms with E-state index >= 15 is 0 Å². The van der Waals surface area contributed by atoms with Gasteiger partial charge in [0.2, 0.25) is 0 Å². The van der Waals surface area contributed by atoms with Crippen molar-refractivity contribution >= 4 is 17.6 Å². The summed E-state index contributed by atoms with van der Waals surface area (Å²) in [6.07, 6.45) is -2.26. The molecule has 2 heterocycles. The fourth-order valence-electron chi connectivity index (χ4n) is 4.16. The van der Waals surface area contributed by atoms with Crippen LogP contribution in [0.3, 0.4) is 0 Å². The number of carbonyl (C=O) groups is 2. The number of halogens is 3. The number of amides is 3. The predicted octanol–water partition coefficient (Wildman–Crippen LogP) is 2.90. The number of fused-ring (bicyclic) bond motifs is 5. The van der Waals surface area contributed by atoms with Crippen molar-refractivity contribution in [2.24, 2.45) is 5.92 Å². The second-order valence-corrected chi connectivity index (χ2v) is 6.37. The average molecular weight is 335 g/mol. The van der Waals surface area contributed by atoms with E-state index in [2.05, 4.69) is 0 Å². The molecule has 1 aliphatic carbocycles. The van der Waals surface area contributed by atoms with Crippen molar-refractivity contribution in [3.63, 3.8) is 0 Å². The Morgan fingerprint density at radius 3 is 2.58 bits per heavy atom. The number of alkyl halides is 3. The highest BCUT2D eigenvalue weighted by atomic mass is 19.4. The Bertz CT molecular complexity index is 771. The molecule has 124 valence electrons. The third-order valence-electron chi connectivity index (χ3n) is 5.16. The smallest absolute Gasteiger partial charge is 0.309 e. The Morgan fingerprint density at radius 1 is 1.21 bits per heavy atom. The Kier molecular flexibility index (Phi) is 2.95. The minimum absolute atomic E-state index is 0.00178. The Hall–Kier alpha value is -2.56. The van der Waals surface area contributed by atoms with E-state index in [0.717, 1.165) is 30.2 Å². The first-order chi connectivity index (χ1) is 11.3. The number of anilines is 1. The van der Waals surface area contributed by atoms with Crippen molar-refractivity contribution < 1.29 is 22.8 Å². The van der Waals surface area contributed by atoms with Crippen LogP contribution in [0.1, 0.15) is 30.4 Å². The van der Waals surface area contributed by atoms with Crippen molar-refractivity contribution in [1.29, 1.82) is 5.26 Å². The van der Waals surface area contributed by atoms with E-state index in [4.69, 9.17) is 5.26 Å². The van der Waals surface area contributed by atoms with Crippen LogP contribution in [-0.2, 0) is 11.0 Å². The number of hydrogen-bond acceptors (Lipinski definition) is 3. The van der Waals surface area contributed by atoms with E-state index in [9.17, 15) is 22.8 Å². The van der Waals surface area contributed by atoms with Crippen molar-refractivity contribution in [1.82, 2.24) is 4.90 Å². The molecule has 0 N–H and O–H groups in total. The maximum Gasteiger partial charge on any atom is 0.417 e. The third-order valence-corrected chi connectivity index (χ3v) is 5.16. The van der Waals surface area contributed by atoms with Crippen LogP contribution in [0.5, 0.6) is 0 Å². The lowest BCUT2D eigenvalue weighted by Crippen LogP contribution is -2.40. The number of piperidine rings is 1. The van der Waals surface area contributed by atoms with Crippen LogP contribution in [0.15, 0.2) is 18.2 Å². The Morgan fingerprint density at radius 2 is 1.96 bits per heavy atom. The summed E-state index contributed by atoms with van der Waals surface area (Å²) in [6, 6.07) is 3.29. The van der Waals surface area contributed by atoms with E-state index in [1.807, 2.05) is 0 Å². The first-order valence-corrected chi connectivity index (χ1v) is 7.60. The fourth-order valence-corrected chi connectivity index (χ4v) is 4.16. The Balaban J connectivity index is 1.76. The summed E-state index contributed by atoms with van der Waals surface area (Å²) in [7, 11) is 0. The van der Waals surface area contributed by atoms with Gasteiger partial charge in [0, 0.05) is 6.04 Å². The first-order valence-electron chi connectivity index (χ1n) is 7.60. The van der Waals surface area contributed by atoms with Crippen LogP contribution < -0.4 is 4.90 Å². The molecule has 1 aromatic carbocycles. The number of hydrogen-bond donors (Lipinski definition) is 0. The summed E-state index contributed by atoms with van der Waals surface area (Å²) in [5.41, 5.74) is -1.81. The fraction of sp³-hybridized carbons (Fsp3) is 0.438. The second-order valence-electron chi connectivity index (χ2n) is 6.37. The van der Waals surface area contributed by atoms with Gasteiger partial charge in [0.15, 0.2) is 0 Å². The van der Waals surface area contributed by atoms with E-state index in [0.29, 0.717) is 6.07 Å². The summed E-state index contributed by atoms with van der Waals surface area (Å²) < 4.78 is 39.3. The van der Waals surface area contributed by atoms with E-state index in [1.54, 1.807) is 0 Å². The molecule has 2 aliphatic heterocycles. The summed E-state index contributed by atoms with van der Waals surface area (Å²) in [5.74, 6) is -0.373. The molecule has 2 bridgehead atoms. The van der Waals surface area contributed by atoms with Gasteiger partial charge in [-0.15, -0.1) is 0 Å². The van der Waals surface area contributed by atoms with E-state index < -0.39 is 35.3 Å². The summed E-state index contributed by atoms with van der Waals surface area (Å²) in [6.45, 7) is 0. The monoisotopic (exact) mass is 335 g/mol. The molecule has 24 heavy (non-hydrogen) atoms. The van der Waals surface area contributed by atoms with Gasteiger partial charge in [-0.2, -0.15) is 18.4 Å². The van der Waals surface area contributed by atoms with Gasteiger partial charge < -0.3 is 4.90 Å². The average Bonchev–Trinajstić information content (AvgIpc) is 3.20. The van der Waals surface area contributed by atoms with Gasteiger partial charge in [-0.05, 0) is 43.4 Å². The predicted molar refractivity (Wildman–Crippen MR) is 75.8 cm³/mol. The third kappa shape index (κ3) is 1.87. The van der Waals surface area contributed by atoms with Gasteiger partial charge in [0.1, 0.15) is 6.04 Å². The highest BCUT2D eigenvalue weighted by molar-refractivity contribution is 6.22. The molecular weight excluding hydrogens is 323 g/mol. The van der Waals surface area contributed by atoms with Crippen LogP contribution in [0.2, 0.25) is 0 Å². The number of urea groups is 1. The van der Waals surface area contributed by atoms with Gasteiger partial charge in [0.05, 0.1) is 22.9 Å². The largest absolute Gasteiger partial charge is 0.417 e. The second kappa shape index (κ2) is 4.72. The number of imide groups is 1. The number of benzene rings is 1. The standard InChI is InChI=1S/C16H12F3N3O2/c17-16(18,19)12-6-11(4-2-9(12)7-20)22-14(23)13-8-1-3-10(5-8)21(13)15(22)24/h2,4,6,8,10,13H,1,3,5H2/t8-,10+,13+/m1/s1. The van der Waals surface area contributed by atoms with Gasteiger partial charge in [-0.1, -0.05) is 0 Å². The van der Waals surface area contributed by atoms with Crippen molar-refractivity contribution in [2.75, 3.05) is 4.90 Å². The molecule has 1 saturated carbocycles. The highest BCUT2D eigenvalue weighted by Crippen LogP contribution is 2.47. The van der Waals surface area contributed by atoms with E-state index in [-0.39, 0.29) is 17.6 Å². The van der Waals surface area contributed by atoms with Crippen LogP contribution >= 0.6 is 0 Å². The molecule has 3 aliphatic rings. The topological polar surface area (TPSA) is 64.4 Å². The zero-order chi connectivity index (χ0) is 17.2.